The van der Waals surface area contributed by atoms with Gasteiger partial charge in [0.15, 0.2) is 17.1 Å². The normalized spacial score (nSPS) is 17.9. The monoisotopic (exact) mass is 551 g/mol. The molecule has 11 nitrogen and oxygen atoms in total. The second-order valence-corrected chi connectivity index (χ2v) is 10.5. The maximum atomic E-state index is 14.8. The zero-order chi connectivity index (χ0) is 28.1. The summed E-state index contributed by atoms with van der Waals surface area (Å²) in [6, 6.07) is 12.9. The van der Waals surface area contributed by atoms with Gasteiger partial charge in [-0.25, -0.2) is 28.8 Å². The fourth-order valence-electron chi connectivity index (χ4n) is 5.36. The van der Waals surface area contributed by atoms with Crippen LogP contribution in [0.25, 0.3) is 16.7 Å². The molecule has 1 aromatic carbocycles. The minimum absolute atomic E-state index is 0.218. The van der Waals surface area contributed by atoms with Crippen molar-refractivity contribution in [2.75, 3.05) is 36.9 Å². The van der Waals surface area contributed by atoms with Gasteiger partial charge in [-0.15, -0.1) is 0 Å². The molecule has 7 rings (SSSR count). The molecule has 4 aromatic heterocycles. The maximum absolute atomic E-state index is 14.8. The predicted molar refractivity (Wildman–Crippen MR) is 151 cm³/mol. The summed E-state index contributed by atoms with van der Waals surface area (Å²) in [6.07, 6.45) is 6.73. The Labute approximate surface area is 234 Å². The first-order valence-electron chi connectivity index (χ1n) is 13.2. The smallest absolute Gasteiger partial charge is 0.255 e. The van der Waals surface area contributed by atoms with E-state index >= 15 is 0 Å². The van der Waals surface area contributed by atoms with Crippen LogP contribution >= 0.6 is 0 Å². The average Bonchev–Trinajstić information content (AvgIpc) is 3.55. The number of fused-ring (bicyclic) bond motifs is 2. The molecule has 2 aliphatic rings. The van der Waals surface area contributed by atoms with Gasteiger partial charge in [-0.2, -0.15) is 5.10 Å². The lowest BCUT2D eigenvalue weighted by Crippen LogP contribution is -2.55. The number of amides is 1. The van der Waals surface area contributed by atoms with Gasteiger partial charge in [-0.05, 0) is 68.4 Å². The summed E-state index contributed by atoms with van der Waals surface area (Å²) in [5.41, 5.74) is 2.60. The van der Waals surface area contributed by atoms with Crippen LogP contribution in [0.2, 0.25) is 0 Å². The summed E-state index contributed by atoms with van der Waals surface area (Å²) in [5, 5.41) is 7.43. The number of rotatable bonds is 6. The molecule has 0 bridgehead atoms. The number of aryl methyl sites for hydroxylation is 1. The van der Waals surface area contributed by atoms with Gasteiger partial charge in [0, 0.05) is 43.2 Å². The van der Waals surface area contributed by atoms with E-state index in [2.05, 4.69) is 25.4 Å². The first-order chi connectivity index (χ1) is 19.8. The molecule has 206 valence electrons. The largest absolute Gasteiger partial charge is 0.457 e. The summed E-state index contributed by atoms with van der Waals surface area (Å²) >= 11 is 0. The highest BCUT2D eigenvalue weighted by atomic mass is 19.1. The topological polar surface area (TPSA) is 114 Å². The number of carbonyl (C=O) groups excluding carboxylic acids is 1. The number of hydrogen-bond donors (Lipinski definition) is 1. The Morgan fingerprint density at radius 3 is 2.78 bits per heavy atom. The van der Waals surface area contributed by atoms with E-state index in [9.17, 15) is 9.18 Å². The van der Waals surface area contributed by atoms with Crippen molar-refractivity contribution in [3.05, 3.63) is 78.5 Å². The number of aromatic nitrogens is 6. The summed E-state index contributed by atoms with van der Waals surface area (Å²) in [4.78, 5) is 34.3. The van der Waals surface area contributed by atoms with E-state index in [0.29, 0.717) is 71.4 Å². The minimum atomic E-state index is -1.44. The van der Waals surface area contributed by atoms with Gasteiger partial charge in [0.1, 0.15) is 35.5 Å². The standard InChI is InChI=1S/C29H26FN9O2/c1-18-11-20(3-5-23(18)41-21-8-10-39-25(12-21)32-17-34-39)35-27-26-22(31-16-33-27)4-6-24(36-26)38-9-7-19(28(38)40)13-29(30)14-37(2)15-29/h3-6,8,10-13,16-17H,7,9,14-15H2,1-2H3,(H,31,33,35)/b19-13+. The zero-order valence-electron chi connectivity index (χ0n) is 22.5. The van der Waals surface area contributed by atoms with Gasteiger partial charge in [-0.1, -0.05) is 0 Å². The Morgan fingerprint density at radius 2 is 1.95 bits per heavy atom. The van der Waals surface area contributed by atoms with Gasteiger partial charge < -0.3 is 10.1 Å². The highest BCUT2D eigenvalue weighted by Crippen LogP contribution is 2.33. The second-order valence-electron chi connectivity index (χ2n) is 10.5. The molecule has 2 saturated heterocycles. The van der Waals surface area contributed by atoms with Gasteiger partial charge in [-0.3, -0.25) is 14.6 Å². The third-order valence-corrected chi connectivity index (χ3v) is 7.28. The quantitative estimate of drug-likeness (QED) is 0.310. The SMILES string of the molecule is Cc1cc(Nc2ncnc3ccc(N4CC/C(=C\C5(F)CN(C)C5)C4=O)nc23)ccc1Oc1ccn2ncnc2c1. The van der Waals surface area contributed by atoms with E-state index in [1.165, 1.54) is 18.7 Å². The van der Waals surface area contributed by atoms with E-state index in [0.717, 1.165) is 11.3 Å². The van der Waals surface area contributed by atoms with Crippen LogP contribution in [0.15, 0.2) is 73.0 Å². The molecular formula is C29H26FN9O2. The number of nitrogens with one attached hydrogen (secondary N) is 1. The number of halogens is 1. The van der Waals surface area contributed by atoms with Crippen LogP contribution in [0.1, 0.15) is 12.0 Å². The number of likely N-dealkylation sites (tertiary alicyclic amines) is 1. The fourth-order valence-corrected chi connectivity index (χ4v) is 5.36. The van der Waals surface area contributed by atoms with Crippen molar-refractivity contribution in [2.45, 2.75) is 19.0 Å². The summed E-state index contributed by atoms with van der Waals surface area (Å²) < 4.78 is 22.6. The van der Waals surface area contributed by atoms with Crippen LogP contribution in [0.5, 0.6) is 11.5 Å². The maximum Gasteiger partial charge on any atom is 0.255 e. The molecule has 0 aliphatic carbocycles. The van der Waals surface area contributed by atoms with Crippen LogP contribution in [-0.2, 0) is 4.79 Å². The van der Waals surface area contributed by atoms with Crippen molar-refractivity contribution in [3.63, 3.8) is 0 Å². The molecule has 5 aromatic rings. The van der Waals surface area contributed by atoms with Crippen molar-refractivity contribution >= 4 is 39.9 Å². The second kappa shape index (κ2) is 9.59. The summed E-state index contributed by atoms with van der Waals surface area (Å²) in [6.45, 7) is 3.00. The van der Waals surface area contributed by atoms with Gasteiger partial charge in [0.2, 0.25) is 0 Å². The average molecular weight is 552 g/mol. The van der Waals surface area contributed by atoms with E-state index < -0.39 is 5.67 Å². The molecule has 1 amide bonds. The van der Waals surface area contributed by atoms with E-state index in [1.807, 2.05) is 55.3 Å². The summed E-state index contributed by atoms with van der Waals surface area (Å²) in [7, 11) is 1.86. The molecule has 2 aliphatic heterocycles. The van der Waals surface area contributed by atoms with Gasteiger partial charge >= 0.3 is 0 Å². The van der Waals surface area contributed by atoms with Crippen molar-refractivity contribution in [3.8, 4) is 11.5 Å². The molecule has 12 heteroatoms. The van der Waals surface area contributed by atoms with Crippen molar-refractivity contribution in [1.82, 2.24) is 34.4 Å². The molecule has 1 N–H and O–H groups in total. The molecule has 0 atom stereocenters. The van der Waals surface area contributed by atoms with E-state index in [1.54, 1.807) is 21.7 Å². The molecular weight excluding hydrogens is 525 g/mol. The lowest BCUT2D eigenvalue weighted by Gasteiger charge is -2.40. The first kappa shape index (κ1) is 25.0. The Balaban J connectivity index is 1.12. The molecule has 0 spiro atoms. The predicted octanol–water partition coefficient (Wildman–Crippen LogP) is 4.23. The molecule has 6 heterocycles. The third kappa shape index (κ3) is 4.72. The number of carbonyl (C=O) groups is 1. The number of nitrogens with zero attached hydrogens (tertiary/aromatic N) is 8. The van der Waals surface area contributed by atoms with Crippen molar-refractivity contribution in [1.29, 1.82) is 0 Å². The van der Waals surface area contributed by atoms with Crippen LogP contribution in [0.4, 0.5) is 21.7 Å². The highest BCUT2D eigenvalue weighted by Gasteiger charge is 2.41. The minimum Gasteiger partial charge on any atom is -0.457 e. The Kier molecular flexibility index (Phi) is 5.86. The van der Waals surface area contributed by atoms with Crippen LogP contribution < -0.4 is 15.0 Å². The number of pyridine rings is 2. The Hall–Kier alpha value is -4.97. The molecule has 0 unspecified atom stereocenters. The van der Waals surface area contributed by atoms with Crippen LogP contribution in [-0.4, -0.2) is 72.7 Å². The lowest BCUT2D eigenvalue weighted by molar-refractivity contribution is -0.114. The molecule has 2 fully saturated rings. The number of anilines is 3. The Bertz CT molecular complexity index is 1850. The fraction of sp³-hybridized carbons (Fsp3) is 0.241. The van der Waals surface area contributed by atoms with E-state index in [-0.39, 0.29) is 5.91 Å². The van der Waals surface area contributed by atoms with Gasteiger partial charge in [0.05, 0.1) is 5.52 Å². The van der Waals surface area contributed by atoms with Gasteiger partial charge in [0.25, 0.3) is 5.91 Å². The molecule has 0 radical (unpaired) electrons. The third-order valence-electron chi connectivity index (χ3n) is 7.28. The number of hydrogen-bond acceptors (Lipinski definition) is 9. The molecule has 41 heavy (non-hydrogen) atoms. The Morgan fingerprint density at radius 1 is 1.07 bits per heavy atom. The lowest BCUT2D eigenvalue weighted by atomic mass is 9.94. The first-order valence-corrected chi connectivity index (χ1v) is 13.2. The van der Waals surface area contributed by atoms with E-state index in [4.69, 9.17) is 9.72 Å². The van der Waals surface area contributed by atoms with Crippen molar-refractivity contribution < 1.29 is 13.9 Å². The van der Waals surface area contributed by atoms with Crippen LogP contribution in [0, 0.1) is 6.92 Å². The number of benzene rings is 1. The number of alkyl halides is 1. The molecule has 0 saturated carbocycles. The summed E-state index contributed by atoms with van der Waals surface area (Å²) in [5.74, 6) is 2.12. The van der Waals surface area contributed by atoms with Crippen molar-refractivity contribution in [2.24, 2.45) is 0 Å². The zero-order valence-corrected chi connectivity index (χ0v) is 22.5. The van der Waals surface area contributed by atoms with Crippen LogP contribution in [0.3, 0.4) is 0 Å². The number of ether oxygens (including phenoxy) is 1. The highest BCUT2D eigenvalue weighted by molar-refractivity contribution is 6.08.